The van der Waals surface area contributed by atoms with E-state index in [1.165, 1.54) is 67.0 Å². The van der Waals surface area contributed by atoms with E-state index in [0.717, 1.165) is 19.4 Å². The number of ether oxygens (including phenoxy) is 10. The van der Waals surface area contributed by atoms with Crippen molar-refractivity contribution in [3.05, 3.63) is 198 Å². The third-order valence-electron chi connectivity index (χ3n) is 23.8. The number of aliphatic hydroxyl groups is 1. The molecule has 5 aromatic rings. The highest BCUT2D eigenvalue weighted by molar-refractivity contribution is 9.11. The topological polar surface area (TPSA) is 430 Å². The quantitative estimate of drug-likeness (QED) is 0.0152. The number of aromatic nitrogens is 1. The van der Waals surface area contributed by atoms with E-state index in [2.05, 4.69) is 135 Å². The molecule has 5 unspecified atom stereocenters. The maximum absolute atomic E-state index is 13.9. The Morgan fingerprint density at radius 1 is 0.521 bits per heavy atom. The maximum Gasteiger partial charge on any atom is 0.338 e. The average Bonchev–Trinajstić information content (AvgIpc) is 1.28. The van der Waals surface area contributed by atoms with Crippen LogP contribution >= 0.6 is 75.1 Å². The van der Waals surface area contributed by atoms with E-state index in [0.29, 0.717) is 217 Å². The van der Waals surface area contributed by atoms with E-state index in [1.807, 2.05) is 24.1 Å². The van der Waals surface area contributed by atoms with Gasteiger partial charge in [0, 0.05) is 142 Å². The Hall–Kier alpha value is -11.0. The minimum Gasteiger partial charge on any atom is -0.468 e. The lowest BCUT2D eigenvalue weighted by Crippen LogP contribution is -2.58. The summed E-state index contributed by atoms with van der Waals surface area (Å²) >= 11 is 15.1. The molecule has 16 rings (SSSR count). The van der Waals surface area contributed by atoms with Crippen LogP contribution in [0.25, 0.3) is 0 Å². The molecule has 1 aromatic heterocycles. The average molecular weight is 2270 g/mol. The number of likely N-dealkylation sites (tertiary alicyclic amines) is 1. The second-order valence-electron chi connectivity index (χ2n) is 34.6. The van der Waals surface area contributed by atoms with Crippen molar-refractivity contribution in [2.75, 3.05) is 158 Å². The molecule has 0 aliphatic carbocycles. The molecule has 46 heteroatoms. The highest BCUT2D eigenvalue weighted by Gasteiger charge is 2.45. The van der Waals surface area contributed by atoms with Gasteiger partial charge in [-0.25, -0.2) is 56.7 Å². The van der Waals surface area contributed by atoms with Crippen molar-refractivity contribution < 1.29 is 104 Å². The summed E-state index contributed by atoms with van der Waals surface area (Å²) in [4.78, 5) is 147. The van der Waals surface area contributed by atoms with Crippen molar-refractivity contribution in [3.63, 3.8) is 0 Å². The number of morpholine rings is 3. The van der Waals surface area contributed by atoms with Gasteiger partial charge >= 0.3 is 41.8 Å². The molecular formula is C98H113Br4F4N19O18S. The SMILES string of the molecule is CCOC(=O)C1=C(CN2CC(C)(C)OCC2C(=O)OC)NC(c2nccs2)=NC1c1ccc(F)cc1Br.CCOC(=O)C1=C(CN2CCC[C@H]2CO)NC(C2=NCC=N2)=NC1c1ccc(F)cc1Br.CCOC(=O)C1=C(CN2CCO[C@@H](COC(=O)C(C)C)C2)NC(C2=NCC=N2)=NC1c1ccc(F)cc1Br.CCOC(=O)C1=C(CN2CCO[C@@H](COC(=O)CC)C2)NC(C2=NCC=N2)=NC1c1ccc(F)cc1Br. The summed E-state index contributed by atoms with van der Waals surface area (Å²) in [5.41, 5.74) is 5.46. The van der Waals surface area contributed by atoms with Crippen LogP contribution in [0, 0.1) is 29.2 Å². The predicted octanol–water partition coefficient (Wildman–Crippen LogP) is 11.4. The third-order valence-corrected chi connectivity index (χ3v) is 27.3. The van der Waals surface area contributed by atoms with E-state index in [9.17, 15) is 56.2 Å². The van der Waals surface area contributed by atoms with Gasteiger partial charge in [0.05, 0.1) is 113 Å². The van der Waals surface area contributed by atoms with E-state index in [1.54, 1.807) is 97.6 Å². The van der Waals surface area contributed by atoms with Gasteiger partial charge in [0.25, 0.3) is 0 Å². The number of rotatable bonds is 32. The minimum atomic E-state index is -0.810. The fourth-order valence-electron chi connectivity index (χ4n) is 17.0. The molecule has 11 aliphatic heterocycles. The first-order valence-corrected chi connectivity index (χ1v) is 51.1. The summed E-state index contributed by atoms with van der Waals surface area (Å²) in [5.74, 6) is -1.92. The number of aliphatic imine (C=N–C) groups is 10. The molecule has 0 radical (unpaired) electrons. The minimum absolute atomic E-state index is 0.0212. The standard InChI is InChI=1S/C26H31BrFN5O5.C25H29BrFN5O5.C25H28BrFN4O5S.C22H25BrFN5O3/c1-4-36-26(35)21-20(13-33-9-10-37-17(12-33)14-38-25(34)15(2)3)31-24(23-29-7-8-30-23)32-22(21)18-6-5-16(28)11-19(18)27;1-3-20(33)37-14-16-12-32(9-10-36-16)13-19-21(25(34)35-4-2)22(17-6-5-15(27)11-18(17)26)31-24(30-19)23-28-7-8-29-23;1-5-35-24(33)19-17(11-31-13-25(2,3)36-12-18(31)23(32)34-4)29-21(22-28-8-9-37-22)30-20(19)15-7-6-14(27)10-16(15)26;1-2-32-22(31)18-17(11-29-9-3-4-14(29)12-30)27-21(20-25-7-8-26-20)28-19(18)15-6-5-13(24)10-16(15)23/h5-7,11,15,17,22H,4,8-10,12-14H2,1-3H3,(H,31,32);5-7,11,16,22H,3-4,8-10,12-14H2,1-2H3,(H,30,31);6-10,18,20H,5,11-13H2,1-4H3,(H,29,30);5-7,10,14,19,30H,2-4,8-9,11-12H2,1H3,(H,27,28)/t17-,22?;16-,22?;;14-,19?/m11.0/s1. The van der Waals surface area contributed by atoms with Crippen molar-refractivity contribution in [3.8, 4) is 0 Å². The molecule has 0 amide bonds. The van der Waals surface area contributed by atoms with Gasteiger partial charge in [-0.2, -0.15) is 0 Å². The molecule has 4 saturated heterocycles. The van der Waals surface area contributed by atoms with Crippen LogP contribution in [0.15, 0.2) is 197 Å². The lowest BCUT2D eigenvalue weighted by molar-refractivity contribution is -0.164. The highest BCUT2D eigenvalue weighted by atomic mass is 79.9. The van der Waals surface area contributed by atoms with Gasteiger partial charge in [-0.3, -0.25) is 68.9 Å². The molecule has 11 aliphatic rings. The Kier molecular flexibility index (Phi) is 40.1. The van der Waals surface area contributed by atoms with Crippen LogP contribution in [0.2, 0.25) is 0 Å². The van der Waals surface area contributed by atoms with Crippen LogP contribution in [0.3, 0.4) is 0 Å². The zero-order valence-corrected chi connectivity index (χ0v) is 88.1. The number of amidine groups is 7. The molecule has 12 heterocycles. The van der Waals surface area contributed by atoms with Gasteiger partial charge in [-0.1, -0.05) is 109 Å². The smallest absolute Gasteiger partial charge is 0.338 e. The van der Waals surface area contributed by atoms with Crippen LogP contribution < -0.4 is 21.3 Å². The van der Waals surface area contributed by atoms with Gasteiger partial charge in [-0.05, 0) is 132 Å². The van der Waals surface area contributed by atoms with E-state index in [-0.39, 0.29) is 101 Å². The normalized spacial score (nSPS) is 22.1. The number of esters is 7. The number of benzene rings is 4. The number of methoxy groups -OCH3 is 1. The summed E-state index contributed by atoms with van der Waals surface area (Å²) in [7, 11) is 1.33. The summed E-state index contributed by atoms with van der Waals surface area (Å²) in [6, 6.07) is 13.3. The second-order valence-corrected chi connectivity index (χ2v) is 39.0. The fraction of sp³-hybridized carbons (Fsp3) is 0.469. The first kappa shape index (κ1) is 110. The fourth-order valence-corrected chi connectivity index (χ4v) is 19.8. The number of hydrogen-bond donors (Lipinski definition) is 5. The number of aliphatic hydroxyl groups excluding tert-OH is 1. The van der Waals surface area contributed by atoms with Crippen LogP contribution in [0.5, 0.6) is 0 Å². The Labute approximate surface area is 867 Å². The summed E-state index contributed by atoms with van der Waals surface area (Å²) in [6.07, 6.45) is 8.27. The molecule has 0 bridgehead atoms. The zero-order chi connectivity index (χ0) is 103. The van der Waals surface area contributed by atoms with Crippen molar-refractivity contribution >= 4 is 176 Å². The summed E-state index contributed by atoms with van der Waals surface area (Å²) < 4.78 is 112. The number of halogens is 8. The highest BCUT2D eigenvalue weighted by Crippen LogP contribution is 2.43. The van der Waals surface area contributed by atoms with Gasteiger partial charge in [0.1, 0.15) is 78.9 Å². The van der Waals surface area contributed by atoms with Gasteiger partial charge < -0.3 is 73.7 Å². The molecule has 144 heavy (non-hydrogen) atoms. The Morgan fingerprint density at radius 2 is 0.903 bits per heavy atom. The molecule has 770 valence electrons. The number of carbonyl (C=O) groups excluding carboxylic acids is 7. The van der Waals surface area contributed by atoms with Gasteiger partial charge in [-0.15, -0.1) is 11.3 Å². The van der Waals surface area contributed by atoms with Gasteiger partial charge in [0.2, 0.25) is 0 Å². The number of nitrogens with zero attached hydrogens (tertiary/aromatic N) is 15. The van der Waals surface area contributed by atoms with E-state index in [4.69, 9.17) is 67.3 Å². The zero-order valence-electron chi connectivity index (χ0n) is 80.9. The van der Waals surface area contributed by atoms with E-state index >= 15 is 0 Å². The molecule has 0 spiro atoms. The predicted molar refractivity (Wildman–Crippen MR) is 546 cm³/mol. The molecular weight excluding hydrogens is 2160 g/mol. The first-order valence-electron chi connectivity index (χ1n) is 47.0. The molecule has 0 saturated carbocycles. The van der Waals surface area contributed by atoms with Crippen LogP contribution in [-0.4, -0.2) is 319 Å². The lowest BCUT2D eigenvalue weighted by atomic mass is 9.94. The maximum atomic E-state index is 13.9. The first-order chi connectivity index (χ1) is 69.3. The lowest BCUT2D eigenvalue weighted by Gasteiger charge is -2.43. The second kappa shape index (κ2) is 52.3. The Bertz CT molecular complexity index is 6050. The van der Waals surface area contributed by atoms with Crippen molar-refractivity contribution in [1.82, 2.24) is 45.9 Å². The number of thiazole rings is 1. The van der Waals surface area contributed by atoms with Crippen molar-refractivity contribution in [2.45, 2.75) is 136 Å². The van der Waals surface area contributed by atoms with Crippen molar-refractivity contribution in [2.24, 2.45) is 55.8 Å². The largest absolute Gasteiger partial charge is 0.468 e. The summed E-state index contributed by atoms with van der Waals surface area (Å²) in [6.45, 7) is 24.2. The van der Waals surface area contributed by atoms with Crippen LogP contribution in [0.4, 0.5) is 17.6 Å². The monoisotopic (exact) mass is 2270 g/mol. The summed E-state index contributed by atoms with van der Waals surface area (Å²) in [5, 5.41) is 25.3. The molecule has 5 N–H and O–H groups in total. The van der Waals surface area contributed by atoms with Crippen LogP contribution in [-0.2, 0) is 80.9 Å². The Morgan fingerprint density at radius 3 is 1.25 bits per heavy atom. The van der Waals surface area contributed by atoms with Crippen molar-refractivity contribution in [1.29, 1.82) is 0 Å². The number of carbonyl (C=O) groups is 7. The molecule has 8 atom stereocenters. The molecule has 37 nitrogen and oxygen atoms in total. The number of nitrogens with one attached hydrogen (secondary N) is 4. The number of hydrogen-bond acceptors (Lipinski definition) is 38. The molecule has 4 fully saturated rings. The third kappa shape index (κ3) is 28.6. The van der Waals surface area contributed by atoms with E-state index < -0.39 is 88.9 Å². The van der Waals surface area contributed by atoms with Gasteiger partial charge in [0.15, 0.2) is 45.9 Å². The van der Waals surface area contributed by atoms with Crippen LogP contribution in [0.1, 0.15) is 133 Å². The molecule has 4 aromatic carbocycles. The Balaban J connectivity index is 0.000000161.